The zero-order chi connectivity index (χ0) is 21.9. The summed E-state index contributed by atoms with van der Waals surface area (Å²) in [6.45, 7) is 3.89. The molecule has 1 amide bonds. The molecule has 32 heavy (non-hydrogen) atoms. The van der Waals surface area contributed by atoms with Gasteiger partial charge in [-0.25, -0.2) is 9.97 Å². The maximum atomic E-state index is 12.9. The lowest BCUT2D eigenvalue weighted by Crippen LogP contribution is -2.44. The highest BCUT2D eigenvalue weighted by Crippen LogP contribution is 2.23. The highest BCUT2D eigenvalue weighted by molar-refractivity contribution is 5.86. The van der Waals surface area contributed by atoms with E-state index in [0.717, 1.165) is 42.5 Å². The van der Waals surface area contributed by atoms with Crippen molar-refractivity contribution in [2.45, 2.75) is 32.1 Å². The number of oxazole rings is 1. The Labute approximate surface area is 186 Å². The van der Waals surface area contributed by atoms with Crippen molar-refractivity contribution in [1.82, 2.24) is 24.8 Å². The van der Waals surface area contributed by atoms with Gasteiger partial charge in [0.2, 0.25) is 5.91 Å². The summed E-state index contributed by atoms with van der Waals surface area (Å²) >= 11 is 0. The molecule has 0 atom stereocenters. The smallest absolute Gasteiger partial charge is 0.236 e. The van der Waals surface area contributed by atoms with Crippen molar-refractivity contribution in [2.24, 2.45) is 5.92 Å². The van der Waals surface area contributed by atoms with Gasteiger partial charge in [0.05, 0.1) is 18.3 Å². The molecule has 2 saturated heterocycles. The Morgan fingerprint density at radius 1 is 1.06 bits per heavy atom. The number of fused-ring (bicyclic) bond motifs is 1. The van der Waals surface area contributed by atoms with Crippen molar-refractivity contribution in [3.05, 3.63) is 42.7 Å². The highest BCUT2D eigenvalue weighted by Gasteiger charge is 2.28. The van der Waals surface area contributed by atoms with Gasteiger partial charge >= 0.3 is 0 Å². The molecule has 3 aromatic heterocycles. The average molecular weight is 434 g/mol. The number of hydrogen-bond acceptors (Lipinski definition) is 7. The van der Waals surface area contributed by atoms with Gasteiger partial charge in [-0.05, 0) is 57.0 Å². The Balaban J connectivity index is 1.19. The number of amides is 1. The summed E-state index contributed by atoms with van der Waals surface area (Å²) in [6.07, 6.45) is 8.88. The van der Waals surface area contributed by atoms with Crippen LogP contribution in [0.3, 0.4) is 0 Å². The molecular weight excluding hydrogens is 406 g/mol. The largest absolute Gasteiger partial charge is 0.442 e. The molecular formula is C24H27N5O3. The minimum Gasteiger partial charge on any atom is -0.442 e. The van der Waals surface area contributed by atoms with Gasteiger partial charge in [-0.2, -0.15) is 0 Å². The summed E-state index contributed by atoms with van der Waals surface area (Å²) in [7, 11) is 0. The number of piperidine rings is 1. The third-order valence-corrected chi connectivity index (χ3v) is 6.53. The minimum absolute atomic E-state index is 0.0168. The Kier molecular flexibility index (Phi) is 5.94. The van der Waals surface area contributed by atoms with Crippen LogP contribution in [0.4, 0.5) is 0 Å². The first-order valence-electron chi connectivity index (χ1n) is 11.3. The van der Waals surface area contributed by atoms with E-state index in [0.29, 0.717) is 31.1 Å². The van der Waals surface area contributed by atoms with E-state index in [9.17, 15) is 9.59 Å². The van der Waals surface area contributed by atoms with Crippen molar-refractivity contribution in [3.63, 3.8) is 0 Å². The van der Waals surface area contributed by atoms with Crippen molar-refractivity contribution < 1.29 is 14.0 Å². The van der Waals surface area contributed by atoms with Gasteiger partial charge in [-0.15, -0.1) is 0 Å². The molecule has 0 aliphatic carbocycles. The normalized spacial score (nSPS) is 17.8. The molecule has 5 heterocycles. The lowest BCUT2D eigenvalue weighted by Gasteiger charge is -2.32. The number of rotatable bonds is 6. The van der Waals surface area contributed by atoms with Gasteiger partial charge in [0.15, 0.2) is 12.2 Å². The second-order valence-electron chi connectivity index (χ2n) is 8.71. The van der Waals surface area contributed by atoms with Gasteiger partial charge in [-0.1, -0.05) is 0 Å². The van der Waals surface area contributed by atoms with Crippen LogP contribution in [0.15, 0.2) is 41.4 Å². The number of likely N-dealkylation sites (tertiary alicyclic amines) is 2. The molecule has 0 spiro atoms. The predicted octanol–water partition coefficient (Wildman–Crippen LogP) is 2.73. The number of Topliss-reactive ketones (excluding diaryl/α,β-unsaturated/α-hetero) is 1. The van der Waals surface area contributed by atoms with Crippen LogP contribution < -0.4 is 0 Å². The summed E-state index contributed by atoms with van der Waals surface area (Å²) in [5, 5.41) is 0.911. The molecule has 8 nitrogen and oxygen atoms in total. The maximum Gasteiger partial charge on any atom is 0.236 e. The van der Waals surface area contributed by atoms with Crippen LogP contribution in [0.1, 0.15) is 31.4 Å². The topological polar surface area (TPSA) is 92.4 Å². The van der Waals surface area contributed by atoms with E-state index < -0.39 is 0 Å². The van der Waals surface area contributed by atoms with Gasteiger partial charge in [0.25, 0.3) is 0 Å². The van der Waals surface area contributed by atoms with Crippen LogP contribution in [0.5, 0.6) is 0 Å². The standard InChI is InChI=1S/C24H27N5O3/c30-22(17-5-9-29(10-6-17)24(31)15-28-7-1-2-8-28)12-19-11-21-18(13-26-19)3-4-20(27-21)23-14-25-16-32-23/h3-4,11,13-14,16-17H,1-2,5-10,12,15H2. The summed E-state index contributed by atoms with van der Waals surface area (Å²) in [5.41, 5.74) is 2.20. The number of nitrogens with zero attached hydrogens (tertiary/aromatic N) is 5. The first kappa shape index (κ1) is 20.8. The van der Waals surface area contributed by atoms with E-state index in [1.165, 1.54) is 19.2 Å². The molecule has 0 saturated carbocycles. The van der Waals surface area contributed by atoms with Crippen molar-refractivity contribution >= 4 is 22.6 Å². The van der Waals surface area contributed by atoms with Crippen LogP contribution >= 0.6 is 0 Å². The number of carbonyl (C=O) groups is 2. The molecule has 166 valence electrons. The van der Waals surface area contributed by atoms with Crippen molar-refractivity contribution in [3.8, 4) is 11.5 Å². The second kappa shape index (κ2) is 9.16. The van der Waals surface area contributed by atoms with Gasteiger partial charge in [-0.3, -0.25) is 19.5 Å². The predicted molar refractivity (Wildman–Crippen MR) is 119 cm³/mol. The summed E-state index contributed by atoms with van der Waals surface area (Å²) < 4.78 is 5.33. The third-order valence-electron chi connectivity index (χ3n) is 6.53. The molecule has 0 unspecified atom stereocenters. The maximum absolute atomic E-state index is 12.9. The fourth-order valence-corrected chi connectivity index (χ4v) is 4.64. The highest BCUT2D eigenvalue weighted by atomic mass is 16.3. The zero-order valence-electron chi connectivity index (χ0n) is 18.1. The van der Waals surface area contributed by atoms with E-state index in [1.807, 2.05) is 23.1 Å². The van der Waals surface area contributed by atoms with Crippen LogP contribution in [0, 0.1) is 5.92 Å². The van der Waals surface area contributed by atoms with Crippen molar-refractivity contribution in [2.75, 3.05) is 32.7 Å². The zero-order valence-corrected chi connectivity index (χ0v) is 18.1. The van der Waals surface area contributed by atoms with E-state index in [4.69, 9.17) is 4.42 Å². The summed E-state index contributed by atoms with van der Waals surface area (Å²) in [4.78, 5) is 42.6. The number of pyridine rings is 2. The summed E-state index contributed by atoms with van der Waals surface area (Å²) in [5.74, 6) is 0.974. The molecule has 3 aromatic rings. The Morgan fingerprint density at radius 3 is 2.62 bits per heavy atom. The third kappa shape index (κ3) is 4.55. The van der Waals surface area contributed by atoms with E-state index >= 15 is 0 Å². The van der Waals surface area contributed by atoms with Crippen molar-refractivity contribution in [1.29, 1.82) is 0 Å². The molecule has 8 heteroatoms. The van der Waals surface area contributed by atoms with Gasteiger partial charge in [0.1, 0.15) is 11.5 Å². The molecule has 0 radical (unpaired) electrons. The molecule has 2 aliphatic heterocycles. The number of carbonyl (C=O) groups excluding carboxylic acids is 2. The van der Waals surface area contributed by atoms with E-state index in [1.54, 1.807) is 12.4 Å². The molecule has 0 N–H and O–H groups in total. The Hall–Kier alpha value is -3.13. The fourth-order valence-electron chi connectivity index (χ4n) is 4.64. The lowest BCUT2D eigenvalue weighted by molar-refractivity contribution is -0.135. The van der Waals surface area contributed by atoms with E-state index in [2.05, 4.69) is 19.9 Å². The Morgan fingerprint density at radius 2 is 1.88 bits per heavy atom. The van der Waals surface area contributed by atoms with Crippen LogP contribution in [0.2, 0.25) is 0 Å². The summed E-state index contributed by atoms with van der Waals surface area (Å²) in [6, 6.07) is 5.68. The molecule has 2 aliphatic rings. The second-order valence-corrected chi connectivity index (χ2v) is 8.71. The fraction of sp³-hybridized carbons (Fsp3) is 0.458. The van der Waals surface area contributed by atoms with Crippen LogP contribution in [0.25, 0.3) is 22.4 Å². The Bertz CT molecular complexity index is 1100. The molecule has 0 aromatic carbocycles. The first-order chi connectivity index (χ1) is 15.7. The SMILES string of the molecule is O=C(Cc1cc2nc(-c3cnco3)ccc2cn1)C1CCN(C(=O)CN2CCCC2)CC1. The molecule has 0 bridgehead atoms. The molecule has 2 fully saturated rings. The minimum atomic E-state index is -0.0168. The monoisotopic (exact) mass is 433 g/mol. The quantitative estimate of drug-likeness (QED) is 0.590. The van der Waals surface area contributed by atoms with E-state index in [-0.39, 0.29) is 24.0 Å². The number of ketones is 1. The van der Waals surface area contributed by atoms with Crippen LogP contribution in [-0.2, 0) is 16.0 Å². The first-order valence-corrected chi connectivity index (χ1v) is 11.3. The molecule has 5 rings (SSSR count). The number of aromatic nitrogens is 3. The van der Waals surface area contributed by atoms with Crippen LogP contribution in [-0.4, -0.2) is 69.2 Å². The van der Waals surface area contributed by atoms with Gasteiger partial charge in [0, 0.05) is 42.7 Å². The number of hydrogen-bond donors (Lipinski definition) is 0. The van der Waals surface area contributed by atoms with Gasteiger partial charge < -0.3 is 9.32 Å². The average Bonchev–Trinajstić information content (AvgIpc) is 3.53. The lowest BCUT2D eigenvalue weighted by atomic mass is 9.90.